The lowest BCUT2D eigenvalue weighted by Crippen LogP contribution is -1.97. The van der Waals surface area contributed by atoms with Crippen LogP contribution in [0.1, 0.15) is 69.1 Å². The second kappa shape index (κ2) is 8.78. The molecule has 0 heterocycles. The molecule has 118 valence electrons. The summed E-state index contributed by atoms with van der Waals surface area (Å²) in [5, 5.41) is 19.1. The van der Waals surface area contributed by atoms with Gasteiger partial charge in [0.1, 0.15) is 6.61 Å². The number of aliphatic hydroxyl groups is 2. The van der Waals surface area contributed by atoms with E-state index >= 15 is 0 Å². The summed E-state index contributed by atoms with van der Waals surface area (Å²) >= 11 is 0. The third-order valence-electron chi connectivity index (χ3n) is 4.26. The third-order valence-corrected chi connectivity index (χ3v) is 4.26. The summed E-state index contributed by atoms with van der Waals surface area (Å²) < 4.78 is 0. The largest absolute Gasteiger partial charge is 0.388 e. The molecule has 2 N–H and O–H groups in total. The topological polar surface area (TPSA) is 40.5 Å². The molecule has 0 amide bonds. The lowest BCUT2D eigenvalue weighted by Gasteiger charge is -2.12. The van der Waals surface area contributed by atoms with E-state index in [9.17, 15) is 5.11 Å². The molecule has 0 saturated carbocycles. The highest BCUT2D eigenvalue weighted by atomic mass is 16.3. The SMILES string of the molecule is CCCCCC(O)c1ccc(C2=C(C#CCO)CCC2)cc1. The number of benzene rings is 1. The van der Waals surface area contributed by atoms with Crippen LogP contribution in [0.25, 0.3) is 5.57 Å². The van der Waals surface area contributed by atoms with Crippen molar-refractivity contribution >= 4 is 5.57 Å². The predicted octanol–water partition coefficient (Wildman–Crippen LogP) is 4.23. The quantitative estimate of drug-likeness (QED) is 0.609. The van der Waals surface area contributed by atoms with Gasteiger partial charge in [-0.2, -0.15) is 0 Å². The lowest BCUT2D eigenvalue weighted by atomic mass is 9.97. The Kier molecular flexibility index (Phi) is 6.71. The first-order valence-corrected chi connectivity index (χ1v) is 8.36. The van der Waals surface area contributed by atoms with Gasteiger partial charge in [0.25, 0.3) is 0 Å². The van der Waals surface area contributed by atoms with Gasteiger partial charge in [-0.15, -0.1) is 0 Å². The van der Waals surface area contributed by atoms with Crippen molar-refractivity contribution in [1.29, 1.82) is 0 Å². The fourth-order valence-electron chi connectivity index (χ4n) is 3.01. The molecule has 0 radical (unpaired) electrons. The number of hydrogen-bond donors (Lipinski definition) is 2. The predicted molar refractivity (Wildman–Crippen MR) is 91.2 cm³/mol. The lowest BCUT2D eigenvalue weighted by molar-refractivity contribution is 0.163. The van der Waals surface area contributed by atoms with E-state index in [0.29, 0.717) is 0 Å². The van der Waals surface area contributed by atoms with Crippen LogP contribution >= 0.6 is 0 Å². The molecule has 22 heavy (non-hydrogen) atoms. The molecule has 0 bridgehead atoms. The van der Waals surface area contributed by atoms with Crippen molar-refractivity contribution in [2.45, 2.75) is 58.0 Å². The molecular weight excluding hydrogens is 272 g/mol. The van der Waals surface area contributed by atoms with Crippen molar-refractivity contribution in [1.82, 2.24) is 0 Å². The molecule has 0 fully saturated rings. The molecule has 1 aromatic rings. The van der Waals surface area contributed by atoms with Crippen molar-refractivity contribution < 1.29 is 10.2 Å². The first-order chi connectivity index (χ1) is 10.8. The van der Waals surface area contributed by atoms with Gasteiger partial charge in [-0.05, 0) is 42.4 Å². The van der Waals surface area contributed by atoms with Crippen molar-refractivity contribution in [3.05, 3.63) is 41.0 Å². The highest BCUT2D eigenvalue weighted by Crippen LogP contribution is 2.34. The Hall–Kier alpha value is -1.56. The van der Waals surface area contributed by atoms with Gasteiger partial charge in [-0.1, -0.05) is 62.3 Å². The van der Waals surface area contributed by atoms with Crippen molar-refractivity contribution in [2.24, 2.45) is 0 Å². The fourth-order valence-corrected chi connectivity index (χ4v) is 3.01. The maximum Gasteiger partial charge on any atom is 0.104 e. The van der Waals surface area contributed by atoms with Crippen LogP contribution in [0.15, 0.2) is 29.8 Å². The van der Waals surface area contributed by atoms with Gasteiger partial charge >= 0.3 is 0 Å². The normalized spacial score (nSPS) is 15.6. The molecule has 1 aromatic carbocycles. The Morgan fingerprint density at radius 2 is 1.91 bits per heavy atom. The van der Waals surface area contributed by atoms with E-state index in [1.165, 1.54) is 24.0 Å². The zero-order chi connectivity index (χ0) is 15.8. The Labute approximate surface area is 133 Å². The second-order valence-electron chi connectivity index (χ2n) is 5.90. The molecule has 1 aliphatic rings. The molecule has 2 rings (SSSR count). The van der Waals surface area contributed by atoms with E-state index < -0.39 is 0 Å². The van der Waals surface area contributed by atoms with Crippen LogP contribution in [0.4, 0.5) is 0 Å². The Bertz CT molecular complexity index is 558. The second-order valence-corrected chi connectivity index (χ2v) is 5.90. The minimum Gasteiger partial charge on any atom is -0.388 e. The summed E-state index contributed by atoms with van der Waals surface area (Å²) in [7, 11) is 0. The van der Waals surface area contributed by atoms with Crippen LogP contribution in [0, 0.1) is 11.8 Å². The fraction of sp³-hybridized carbons (Fsp3) is 0.500. The average Bonchev–Trinajstić information content (AvgIpc) is 3.01. The number of aliphatic hydroxyl groups excluding tert-OH is 2. The van der Waals surface area contributed by atoms with E-state index in [1.807, 2.05) is 12.1 Å². The Morgan fingerprint density at radius 3 is 2.59 bits per heavy atom. The smallest absolute Gasteiger partial charge is 0.104 e. The zero-order valence-corrected chi connectivity index (χ0v) is 13.4. The first kappa shape index (κ1) is 16.8. The number of hydrogen-bond acceptors (Lipinski definition) is 2. The van der Waals surface area contributed by atoms with E-state index in [1.54, 1.807) is 0 Å². The van der Waals surface area contributed by atoms with Crippen LogP contribution in [0.2, 0.25) is 0 Å². The molecule has 0 saturated heterocycles. The molecule has 2 heteroatoms. The molecular formula is C20H26O2. The summed E-state index contributed by atoms with van der Waals surface area (Å²) in [6.07, 6.45) is 7.09. The first-order valence-electron chi connectivity index (χ1n) is 8.36. The highest BCUT2D eigenvalue weighted by molar-refractivity contribution is 5.74. The van der Waals surface area contributed by atoms with Crippen LogP contribution in [-0.4, -0.2) is 16.8 Å². The summed E-state index contributed by atoms with van der Waals surface area (Å²) in [5.41, 5.74) is 4.66. The molecule has 0 aliphatic heterocycles. The van der Waals surface area contributed by atoms with Crippen LogP contribution < -0.4 is 0 Å². The maximum absolute atomic E-state index is 10.2. The minimum absolute atomic E-state index is 0.0837. The zero-order valence-electron chi connectivity index (χ0n) is 13.4. The van der Waals surface area contributed by atoms with Crippen LogP contribution in [-0.2, 0) is 0 Å². The van der Waals surface area contributed by atoms with E-state index in [2.05, 4.69) is 30.9 Å². The van der Waals surface area contributed by atoms with Crippen molar-refractivity contribution in [2.75, 3.05) is 6.61 Å². The molecule has 1 aliphatic carbocycles. The number of unbranched alkanes of at least 4 members (excludes halogenated alkanes) is 2. The standard InChI is InChI=1S/C20H26O2/c1-2-3-4-10-20(22)18-13-11-17(12-14-18)19-9-5-7-16(19)8-6-15-21/h11-14,20-22H,2-5,7,9-10,15H2,1H3. The number of allylic oxidation sites excluding steroid dienone is 2. The summed E-state index contributed by atoms with van der Waals surface area (Å²) in [4.78, 5) is 0. The monoisotopic (exact) mass is 298 g/mol. The molecule has 0 aromatic heterocycles. The van der Waals surface area contributed by atoms with Gasteiger partial charge in [0.2, 0.25) is 0 Å². The molecule has 1 unspecified atom stereocenters. The summed E-state index contributed by atoms with van der Waals surface area (Å²) in [6, 6.07) is 8.27. The van der Waals surface area contributed by atoms with Crippen LogP contribution in [0.3, 0.4) is 0 Å². The van der Waals surface area contributed by atoms with E-state index in [-0.39, 0.29) is 12.7 Å². The van der Waals surface area contributed by atoms with E-state index in [0.717, 1.165) is 43.2 Å². The van der Waals surface area contributed by atoms with Gasteiger partial charge in [-0.3, -0.25) is 0 Å². The van der Waals surface area contributed by atoms with Gasteiger partial charge in [0.15, 0.2) is 0 Å². The van der Waals surface area contributed by atoms with Gasteiger partial charge in [-0.25, -0.2) is 0 Å². The minimum atomic E-state index is -0.355. The molecule has 2 nitrogen and oxygen atoms in total. The van der Waals surface area contributed by atoms with Crippen LogP contribution in [0.5, 0.6) is 0 Å². The van der Waals surface area contributed by atoms with E-state index in [4.69, 9.17) is 5.11 Å². The molecule has 0 spiro atoms. The Balaban J connectivity index is 2.08. The average molecular weight is 298 g/mol. The Morgan fingerprint density at radius 1 is 1.14 bits per heavy atom. The number of rotatable bonds is 6. The van der Waals surface area contributed by atoms with Crippen molar-refractivity contribution in [3.8, 4) is 11.8 Å². The van der Waals surface area contributed by atoms with Gasteiger partial charge < -0.3 is 10.2 Å². The van der Waals surface area contributed by atoms with Gasteiger partial charge in [0.05, 0.1) is 6.10 Å². The van der Waals surface area contributed by atoms with Crippen molar-refractivity contribution in [3.63, 3.8) is 0 Å². The molecule has 1 atom stereocenters. The summed E-state index contributed by atoms with van der Waals surface area (Å²) in [5.74, 6) is 5.84. The maximum atomic E-state index is 10.2. The summed E-state index contributed by atoms with van der Waals surface area (Å²) in [6.45, 7) is 2.09. The third kappa shape index (κ3) is 4.47. The van der Waals surface area contributed by atoms with Gasteiger partial charge in [0, 0.05) is 5.57 Å². The highest BCUT2D eigenvalue weighted by Gasteiger charge is 2.15.